The molecule has 0 aromatic carbocycles. The van der Waals surface area contributed by atoms with Gasteiger partial charge in [-0.2, -0.15) is 4.37 Å². The van der Waals surface area contributed by atoms with E-state index in [0.717, 1.165) is 18.2 Å². The van der Waals surface area contributed by atoms with Gasteiger partial charge in [0.1, 0.15) is 10.8 Å². The highest BCUT2D eigenvalue weighted by molar-refractivity contribution is 7.05. The number of hydrogen-bond acceptors (Lipinski definition) is 4. The zero-order chi connectivity index (χ0) is 10.8. The van der Waals surface area contributed by atoms with E-state index >= 15 is 0 Å². The largest absolute Gasteiger partial charge is 0.316 e. The molecule has 1 aliphatic rings. The van der Waals surface area contributed by atoms with Crippen molar-refractivity contribution in [3.8, 4) is 0 Å². The van der Waals surface area contributed by atoms with Crippen LogP contribution in [-0.4, -0.2) is 22.4 Å². The molecule has 0 spiro atoms. The minimum absolute atomic E-state index is 0.448. The molecule has 15 heavy (non-hydrogen) atoms. The summed E-state index contributed by atoms with van der Waals surface area (Å²) < 4.78 is 4.39. The SMILES string of the molecule is CNC(Cc1nc(C(C)C)ns1)C1CC1. The summed E-state index contributed by atoms with van der Waals surface area (Å²) in [5.41, 5.74) is 0. The first kappa shape index (κ1) is 11.0. The van der Waals surface area contributed by atoms with Crippen LogP contribution in [0.4, 0.5) is 0 Å². The highest BCUT2D eigenvalue weighted by Gasteiger charge is 2.30. The fraction of sp³-hybridized carbons (Fsp3) is 0.818. The Morgan fingerprint density at radius 1 is 1.47 bits per heavy atom. The highest BCUT2D eigenvalue weighted by Crippen LogP contribution is 2.34. The zero-order valence-electron chi connectivity index (χ0n) is 9.66. The highest BCUT2D eigenvalue weighted by atomic mass is 32.1. The molecule has 0 aliphatic heterocycles. The summed E-state index contributed by atoms with van der Waals surface area (Å²) in [4.78, 5) is 4.58. The number of rotatable bonds is 5. The second-order valence-corrected chi connectivity index (χ2v) is 5.47. The molecule has 1 aromatic rings. The number of aromatic nitrogens is 2. The van der Waals surface area contributed by atoms with Crippen molar-refractivity contribution in [2.45, 2.75) is 45.1 Å². The molecule has 84 valence electrons. The van der Waals surface area contributed by atoms with Gasteiger partial charge in [-0.1, -0.05) is 13.8 Å². The van der Waals surface area contributed by atoms with Crippen LogP contribution in [0.3, 0.4) is 0 Å². The molecule has 0 amide bonds. The lowest BCUT2D eigenvalue weighted by molar-refractivity contribution is 0.499. The summed E-state index contributed by atoms with van der Waals surface area (Å²) in [5, 5.41) is 4.57. The molecule has 1 heterocycles. The van der Waals surface area contributed by atoms with Gasteiger partial charge in [-0.3, -0.25) is 0 Å². The van der Waals surface area contributed by atoms with Crippen LogP contribution in [0, 0.1) is 5.92 Å². The van der Waals surface area contributed by atoms with E-state index in [9.17, 15) is 0 Å². The molecule has 1 aromatic heterocycles. The van der Waals surface area contributed by atoms with Crippen LogP contribution >= 0.6 is 11.5 Å². The van der Waals surface area contributed by atoms with Crippen LogP contribution in [-0.2, 0) is 6.42 Å². The molecule has 3 nitrogen and oxygen atoms in total. The van der Waals surface area contributed by atoms with Crippen LogP contribution in [0.2, 0.25) is 0 Å². The third-order valence-corrected chi connectivity index (χ3v) is 3.70. The predicted octanol–water partition coefficient (Wildman–Crippen LogP) is 2.20. The van der Waals surface area contributed by atoms with E-state index < -0.39 is 0 Å². The fourth-order valence-corrected chi connectivity index (χ4v) is 2.62. The standard InChI is InChI=1S/C11H19N3S/c1-7(2)11-13-10(15-14-11)6-9(12-3)8-4-5-8/h7-9,12H,4-6H2,1-3H3. The van der Waals surface area contributed by atoms with Crippen molar-refractivity contribution >= 4 is 11.5 Å². The topological polar surface area (TPSA) is 37.8 Å². The summed E-state index contributed by atoms with van der Waals surface area (Å²) in [7, 11) is 2.05. The smallest absolute Gasteiger partial charge is 0.145 e. The molecule has 1 N–H and O–H groups in total. The van der Waals surface area contributed by atoms with E-state index in [4.69, 9.17) is 0 Å². The van der Waals surface area contributed by atoms with Crippen LogP contribution < -0.4 is 5.32 Å². The van der Waals surface area contributed by atoms with Crippen molar-refractivity contribution in [1.29, 1.82) is 0 Å². The Kier molecular flexibility index (Phi) is 3.36. The van der Waals surface area contributed by atoms with Crippen molar-refractivity contribution in [1.82, 2.24) is 14.7 Å². The number of nitrogens with zero attached hydrogens (tertiary/aromatic N) is 2. The van der Waals surface area contributed by atoms with Crippen LogP contribution in [0.5, 0.6) is 0 Å². The summed E-state index contributed by atoms with van der Waals surface area (Å²) in [6.45, 7) is 4.28. The molecular formula is C11H19N3S. The van der Waals surface area contributed by atoms with Crippen LogP contribution in [0.25, 0.3) is 0 Å². The van der Waals surface area contributed by atoms with Gasteiger partial charge in [0.15, 0.2) is 0 Å². The average molecular weight is 225 g/mol. The number of hydrogen-bond donors (Lipinski definition) is 1. The first-order valence-corrected chi connectivity index (χ1v) is 6.47. The molecular weight excluding hydrogens is 206 g/mol. The molecule has 2 rings (SSSR count). The van der Waals surface area contributed by atoms with Gasteiger partial charge in [-0.05, 0) is 37.3 Å². The summed E-state index contributed by atoms with van der Waals surface area (Å²) in [5.74, 6) is 2.33. The van der Waals surface area contributed by atoms with E-state index in [2.05, 4.69) is 28.5 Å². The number of nitrogens with one attached hydrogen (secondary N) is 1. The average Bonchev–Trinajstić information content (AvgIpc) is 2.94. The molecule has 0 bridgehead atoms. The minimum atomic E-state index is 0.448. The van der Waals surface area contributed by atoms with Gasteiger partial charge in [-0.15, -0.1) is 0 Å². The summed E-state index contributed by atoms with van der Waals surface area (Å²) >= 11 is 1.57. The number of likely N-dealkylation sites (N-methyl/N-ethyl adjacent to an activating group) is 1. The van der Waals surface area contributed by atoms with Gasteiger partial charge >= 0.3 is 0 Å². The van der Waals surface area contributed by atoms with Gasteiger partial charge in [0.2, 0.25) is 0 Å². The fourth-order valence-electron chi connectivity index (χ4n) is 1.78. The van der Waals surface area contributed by atoms with E-state index in [1.807, 2.05) is 7.05 Å². The minimum Gasteiger partial charge on any atom is -0.316 e. The molecule has 1 atom stereocenters. The van der Waals surface area contributed by atoms with Crippen LogP contribution in [0.1, 0.15) is 43.4 Å². The van der Waals surface area contributed by atoms with E-state index in [0.29, 0.717) is 12.0 Å². The first-order valence-electron chi connectivity index (χ1n) is 5.70. The second-order valence-electron chi connectivity index (χ2n) is 4.64. The maximum Gasteiger partial charge on any atom is 0.145 e. The monoisotopic (exact) mass is 225 g/mol. The quantitative estimate of drug-likeness (QED) is 0.835. The van der Waals surface area contributed by atoms with Gasteiger partial charge in [0, 0.05) is 18.4 Å². The Labute approximate surface area is 95.5 Å². The van der Waals surface area contributed by atoms with E-state index in [1.54, 1.807) is 11.5 Å². The lowest BCUT2D eigenvalue weighted by atomic mass is 10.1. The third-order valence-electron chi connectivity index (χ3n) is 2.96. The Balaban J connectivity index is 1.96. The van der Waals surface area contributed by atoms with Gasteiger partial charge in [-0.25, -0.2) is 4.98 Å². The maximum absolute atomic E-state index is 4.58. The molecule has 0 radical (unpaired) electrons. The lowest BCUT2D eigenvalue weighted by Crippen LogP contribution is -2.29. The third kappa shape index (κ3) is 2.75. The van der Waals surface area contributed by atoms with E-state index in [1.165, 1.54) is 17.8 Å². The van der Waals surface area contributed by atoms with Gasteiger partial charge in [0.25, 0.3) is 0 Å². The van der Waals surface area contributed by atoms with Crippen LogP contribution in [0.15, 0.2) is 0 Å². The Bertz CT molecular complexity index is 317. The lowest BCUT2D eigenvalue weighted by Gasteiger charge is -2.12. The van der Waals surface area contributed by atoms with Crippen molar-refractivity contribution in [3.63, 3.8) is 0 Å². The van der Waals surface area contributed by atoms with Gasteiger partial charge < -0.3 is 5.32 Å². The van der Waals surface area contributed by atoms with E-state index in [-0.39, 0.29) is 0 Å². The summed E-state index contributed by atoms with van der Waals surface area (Å²) in [6.07, 6.45) is 3.80. The molecule has 1 unspecified atom stereocenters. The molecule has 0 saturated heterocycles. The second kappa shape index (κ2) is 4.58. The normalized spacial score (nSPS) is 18.4. The zero-order valence-corrected chi connectivity index (χ0v) is 10.5. The molecule has 1 saturated carbocycles. The van der Waals surface area contributed by atoms with Gasteiger partial charge in [0.05, 0.1) is 0 Å². The molecule has 1 fully saturated rings. The van der Waals surface area contributed by atoms with Crippen molar-refractivity contribution < 1.29 is 0 Å². The molecule has 1 aliphatic carbocycles. The molecule has 4 heteroatoms. The Hall–Kier alpha value is -0.480. The Morgan fingerprint density at radius 3 is 2.67 bits per heavy atom. The van der Waals surface area contributed by atoms with Crippen molar-refractivity contribution in [2.24, 2.45) is 5.92 Å². The summed E-state index contributed by atoms with van der Waals surface area (Å²) in [6, 6.07) is 0.609. The maximum atomic E-state index is 4.58. The Morgan fingerprint density at radius 2 is 2.20 bits per heavy atom. The van der Waals surface area contributed by atoms with Crippen molar-refractivity contribution in [3.05, 3.63) is 10.8 Å². The van der Waals surface area contributed by atoms with Crippen molar-refractivity contribution in [2.75, 3.05) is 7.05 Å². The predicted molar refractivity (Wildman–Crippen MR) is 63.3 cm³/mol. The first-order chi connectivity index (χ1) is 7.20.